The highest BCUT2D eigenvalue weighted by Gasteiger charge is 2.44. The normalized spacial score (nSPS) is 16.2. The third-order valence-electron chi connectivity index (χ3n) is 11.4. The van der Waals surface area contributed by atoms with Gasteiger partial charge in [0.1, 0.15) is 36.2 Å². The van der Waals surface area contributed by atoms with Crippen LogP contribution in [0.1, 0.15) is 93.1 Å². The number of aliphatic imine (C=N–C) groups is 1. The molecule has 3 aromatic heterocycles. The zero-order chi connectivity index (χ0) is 49.1. The second kappa shape index (κ2) is 22.6. The molecule has 2 aliphatic heterocycles. The van der Waals surface area contributed by atoms with E-state index in [9.17, 15) is 32.8 Å². The van der Waals surface area contributed by atoms with Crippen molar-refractivity contribution in [2.75, 3.05) is 44.8 Å². The molecule has 4 N–H and O–H groups in total. The van der Waals surface area contributed by atoms with Gasteiger partial charge in [0.15, 0.2) is 11.4 Å². The highest BCUT2D eigenvalue weighted by Crippen LogP contribution is 2.32. The average molecular weight is 965 g/mol. The molecule has 70 heavy (non-hydrogen) atoms. The minimum absolute atomic E-state index is 0.0336. The summed E-state index contributed by atoms with van der Waals surface area (Å²) in [5, 5.41) is 23.4. The van der Waals surface area contributed by atoms with E-state index in [0.29, 0.717) is 80.5 Å². The molecule has 5 aromatic rings. The molecule has 0 spiro atoms. The van der Waals surface area contributed by atoms with Gasteiger partial charge in [0.2, 0.25) is 17.7 Å². The van der Waals surface area contributed by atoms with Crippen LogP contribution in [0.5, 0.6) is 5.75 Å². The maximum Gasteiger partial charge on any atom is 0.284 e. The first-order valence-corrected chi connectivity index (χ1v) is 22.5. The highest BCUT2D eigenvalue weighted by molar-refractivity contribution is 6.23. The first-order valence-electron chi connectivity index (χ1n) is 22.5. The quantitative estimate of drug-likeness (QED) is 0.0274. The number of hydrogen-bond donors (Lipinski definition) is 4. The fourth-order valence-electron chi connectivity index (χ4n) is 7.45. The summed E-state index contributed by atoms with van der Waals surface area (Å²) in [7, 11) is 0. The van der Waals surface area contributed by atoms with Gasteiger partial charge in [-0.05, 0) is 80.8 Å². The van der Waals surface area contributed by atoms with Gasteiger partial charge >= 0.3 is 0 Å². The summed E-state index contributed by atoms with van der Waals surface area (Å²) < 4.78 is 53.7. The number of alkyl halides is 2. The second-order valence-electron chi connectivity index (χ2n) is 16.4. The molecule has 5 amide bonds. The first kappa shape index (κ1) is 48.7. The van der Waals surface area contributed by atoms with E-state index in [0.717, 1.165) is 23.3 Å². The largest absolute Gasteiger partial charge is 0.487 e. The Labute approximate surface area is 399 Å². The smallest absolute Gasteiger partial charge is 0.284 e. The van der Waals surface area contributed by atoms with E-state index in [1.165, 1.54) is 35.9 Å². The number of fused-ring (bicyclic) bond motifs is 1. The minimum Gasteiger partial charge on any atom is -0.487 e. The van der Waals surface area contributed by atoms with Crippen LogP contribution in [0.25, 0.3) is 11.3 Å². The van der Waals surface area contributed by atoms with Crippen LogP contribution in [0.4, 0.5) is 14.5 Å². The number of piperidine rings is 1. The minimum atomic E-state index is -2.96. The SMILES string of the molecule is C=N/C(=C\C(=C/C)c1nc(C(=O)Nc2cn(-c3ccc(CNCCOCCOCCn4cc(COc5ccc6c(c5)C(=O)N(C5CCC(=O)NC5=O)C6=O)nn4)cc3)nc2C(F)F)co1)NCC1CC1. The number of allylic oxidation sites excluding steroid dienone is 3. The Kier molecular flexibility index (Phi) is 15.7. The fraction of sp³-hybridized carbons (Fsp3) is 0.362. The number of anilines is 1. The van der Waals surface area contributed by atoms with E-state index < -0.39 is 47.7 Å². The maximum atomic E-state index is 14.1. The third kappa shape index (κ3) is 12.1. The molecule has 366 valence electrons. The molecular weight excluding hydrogens is 915 g/mol. The number of oxazole rings is 1. The van der Waals surface area contributed by atoms with Crippen LogP contribution >= 0.6 is 0 Å². The number of carbonyl (C=O) groups excluding carboxylic acids is 5. The molecule has 0 radical (unpaired) electrons. The number of hydrogen-bond acceptors (Lipinski definition) is 16. The molecule has 2 fully saturated rings. The summed E-state index contributed by atoms with van der Waals surface area (Å²) in [6.07, 6.45) is 7.12. The molecule has 1 saturated carbocycles. The number of halogens is 2. The third-order valence-corrected chi connectivity index (χ3v) is 11.4. The molecular formula is C47H50F2N12O9. The molecule has 1 aliphatic carbocycles. The van der Waals surface area contributed by atoms with Gasteiger partial charge in [-0.2, -0.15) is 5.10 Å². The van der Waals surface area contributed by atoms with Crippen molar-refractivity contribution in [1.29, 1.82) is 0 Å². The zero-order valence-electron chi connectivity index (χ0n) is 38.1. The molecule has 1 unspecified atom stereocenters. The topological polar surface area (TPSA) is 251 Å². The summed E-state index contributed by atoms with van der Waals surface area (Å²) in [5.41, 5.74) is 1.94. The fourth-order valence-corrected chi connectivity index (χ4v) is 7.45. The Morgan fingerprint density at radius 2 is 1.80 bits per heavy atom. The Balaban J connectivity index is 0.703. The lowest BCUT2D eigenvalue weighted by Gasteiger charge is -2.27. The van der Waals surface area contributed by atoms with E-state index >= 15 is 0 Å². The van der Waals surface area contributed by atoms with E-state index in [1.807, 2.05) is 12.1 Å². The Hall–Kier alpha value is -7.76. The van der Waals surface area contributed by atoms with Crippen molar-refractivity contribution >= 4 is 47.5 Å². The van der Waals surface area contributed by atoms with E-state index in [4.69, 9.17) is 18.6 Å². The van der Waals surface area contributed by atoms with Crippen molar-refractivity contribution in [2.24, 2.45) is 10.9 Å². The van der Waals surface area contributed by atoms with Crippen molar-refractivity contribution in [3.63, 3.8) is 0 Å². The Morgan fingerprint density at radius 3 is 2.54 bits per heavy atom. The van der Waals surface area contributed by atoms with E-state index in [2.05, 4.69) is 53.4 Å². The number of ether oxygens (including phenoxy) is 3. The molecule has 5 heterocycles. The lowest BCUT2D eigenvalue weighted by atomic mass is 10.0. The molecule has 23 heteroatoms. The molecule has 3 aliphatic rings. The Bertz CT molecular complexity index is 2800. The molecule has 8 rings (SSSR count). The van der Waals surface area contributed by atoms with Crippen molar-refractivity contribution in [3.8, 4) is 11.4 Å². The van der Waals surface area contributed by atoms with Gasteiger partial charge in [-0.3, -0.25) is 34.2 Å². The highest BCUT2D eigenvalue weighted by atomic mass is 19.3. The van der Waals surface area contributed by atoms with Crippen molar-refractivity contribution < 1.29 is 51.4 Å². The average Bonchev–Trinajstić information content (AvgIpc) is 3.63. The summed E-state index contributed by atoms with van der Waals surface area (Å²) in [6, 6.07) is 10.6. The van der Waals surface area contributed by atoms with Crippen molar-refractivity contribution in [3.05, 3.63) is 119 Å². The van der Waals surface area contributed by atoms with Gasteiger partial charge in [0, 0.05) is 31.6 Å². The molecule has 2 aromatic carbocycles. The van der Waals surface area contributed by atoms with Crippen LogP contribution < -0.4 is 26.0 Å². The molecule has 1 atom stereocenters. The van der Waals surface area contributed by atoms with Gasteiger partial charge in [0.05, 0.1) is 67.9 Å². The maximum absolute atomic E-state index is 14.1. The van der Waals surface area contributed by atoms with Gasteiger partial charge < -0.3 is 34.6 Å². The van der Waals surface area contributed by atoms with E-state index in [-0.39, 0.29) is 47.8 Å². The molecule has 1 saturated heterocycles. The number of imide groups is 2. The summed E-state index contributed by atoms with van der Waals surface area (Å²) in [5.74, 6) is -1.45. The van der Waals surface area contributed by atoms with Crippen LogP contribution in [0, 0.1) is 5.92 Å². The first-order chi connectivity index (χ1) is 34.0. The molecule has 0 bridgehead atoms. The van der Waals surface area contributed by atoms with Crippen LogP contribution in [0.15, 0.2) is 88.5 Å². The van der Waals surface area contributed by atoms with Gasteiger partial charge in [-0.1, -0.05) is 23.4 Å². The molecule has 21 nitrogen and oxygen atoms in total. The zero-order valence-corrected chi connectivity index (χ0v) is 38.1. The number of carbonyl (C=O) groups is 5. The summed E-state index contributed by atoms with van der Waals surface area (Å²) in [6.45, 7) is 9.27. The number of nitrogens with zero attached hydrogens (tertiary/aromatic N) is 8. The summed E-state index contributed by atoms with van der Waals surface area (Å²) in [4.78, 5) is 72.2. The van der Waals surface area contributed by atoms with Crippen LogP contribution in [-0.4, -0.2) is 116 Å². The van der Waals surface area contributed by atoms with Gasteiger partial charge in [0.25, 0.3) is 24.1 Å². The summed E-state index contributed by atoms with van der Waals surface area (Å²) >= 11 is 0. The predicted octanol–water partition coefficient (Wildman–Crippen LogP) is 4.39. The van der Waals surface area contributed by atoms with E-state index in [1.54, 1.807) is 48.2 Å². The standard InChI is InChI=1S/C47H50F2N12O9/c1-3-30(20-39(50-2)52-23-29-4-5-29)45-54-37(27-70-45)43(63)53-36-25-60(57-41(36)42(48)49)32-8-6-28(7-9-32)22-51-14-16-67-18-19-68-17-15-59-24-31(56-58-59)26-69-33-10-11-34-35(21-33)47(66)61(46(34)65)38-12-13-40(62)55-44(38)64/h3,6-11,20-21,24-25,27,29,38,42,51-52H,2,4-5,12-19,22-23,26H2,1H3,(H,53,63)(H,55,62,64)/b30-3+,39-20+. The van der Waals surface area contributed by atoms with Crippen LogP contribution in [0.3, 0.4) is 0 Å². The Morgan fingerprint density at radius 1 is 1.01 bits per heavy atom. The van der Waals surface area contributed by atoms with Crippen molar-refractivity contribution in [2.45, 2.75) is 64.8 Å². The number of benzene rings is 2. The predicted molar refractivity (Wildman–Crippen MR) is 246 cm³/mol. The number of aromatic nitrogens is 6. The number of nitrogens with one attached hydrogen (secondary N) is 4. The van der Waals surface area contributed by atoms with Crippen LogP contribution in [0.2, 0.25) is 0 Å². The van der Waals surface area contributed by atoms with Crippen molar-refractivity contribution in [1.82, 2.24) is 50.6 Å². The monoisotopic (exact) mass is 964 g/mol. The number of rotatable bonds is 25. The lowest BCUT2D eigenvalue weighted by molar-refractivity contribution is -0.136. The second-order valence-corrected chi connectivity index (χ2v) is 16.4. The lowest BCUT2D eigenvalue weighted by Crippen LogP contribution is -2.54. The van der Waals surface area contributed by atoms with Crippen LogP contribution in [-0.2, 0) is 38.8 Å². The van der Waals surface area contributed by atoms with Gasteiger partial charge in [-0.25, -0.2) is 28.1 Å². The van der Waals surface area contributed by atoms with Gasteiger partial charge in [-0.15, -0.1) is 5.10 Å². The number of amides is 5.